The van der Waals surface area contributed by atoms with Gasteiger partial charge >= 0.3 is 0 Å². The SMILES string of the molecule is CCN(CC)Cc1c(O)cc2oc(-c3ccc(O)c(O)c3)c(O[C@@H]3O[C@H](CO[C@@H]4O[C@@H](C)[C@H](O)[C@@H](O)[C@H]4O)[C@@H](O)[C@H](O)[C@H]3O)c(=O)c2c1O. The molecular weight excluding hydrogens is 654 g/mol. The summed E-state index contributed by atoms with van der Waals surface area (Å²) in [6, 6.07) is 4.52. The molecule has 0 spiro atoms. The number of rotatable bonds is 10. The molecule has 2 saturated heterocycles. The average Bonchev–Trinajstić information content (AvgIpc) is 3.07. The highest BCUT2D eigenvalue weighted by atomic mass is 16.7. The molecule has 17 nitrogen and oxygen atoms in total. The maximum absolute atomic E-state index is 14.1. The Balaban J connectivity index is 1.54. The van der Waals surface area contributed by atoms with Crippen LogP contribution in [0.15, 0.2) is 33.5 Å². The number of hydrogen-bond acceptors (Lipinski definition) is 17. The number of nitrogens with zero attached hydrogens (tertiary/aromatic N) is 1. The van der Waals surface area contributed by atoms with Crippen molar-refractivity contribution in [2.75, 3.05) is 19.7 Å². The molecule has 1 aromatic heterocycles. The highest BCUT2D eigenvalue weighted by Crippen LogP contribution is 2.41. The number of hydrogen-bond donors (Lipinski definition) is 10. The van der Waals surface area contributed by atoms with E-state index in [-0.39, 0.29) is 29.0 Å². The van der Waals surface area contributed by atoms with Crippen LogP contribution >= 0.6 is 0 Å². The van der Waals surface area contributed by atoms with Crippen LogP contribution in [0.25, 0.3) is 22.3 Å². The van der Waals surface area contributed by atoms with Crippen molar-refractivity contribution < 1.29 is 74.4 Å². The Bertz CT molecular complexity index is 1690. The second kappa shape index (κ2) is 14.6. The van der Waals surface area contributed by atoms with Gasteiger partial charge in [-0.05, 0) is 38.2 Å². The van der Waals surface area contributed by atoms with E-state index >= 15 is 0 Å². The summed E-state index contributed by atoms with van der Waals surface area (Å²) in [6.07, 6.45) is -16.3. The fourth-order valence-corrected chi connectivity index (χ4v) is 5.74. The van der Waals surface area contributed by atoms with Crippen molar-refractivity contribution in [2.45, 2.75) is 88.7 Å². The number of aliphatic hydroxyl groups is 6. The third-order valence-electron chi connectivity index (χ3n) is 8.85. The number of aliphatic hydroxyl groups excluding tert-OH is 6. The Morgan fingerprint density at radius 3 is 2.08 bits per heavy atom. The molecule has 17 heteroatoms. The van der Waals surface area contributed by atoms with E-state index in [0.29, 0.717) is 13.1 Å². The molecule has 2 aromatic carbocycles. The van der Waals surface area contributed by atoms with Gasteiger partial charge in [-0.2, -0.15) is 0 Å². The molecule has 5 rings (SSSR count). The smallest absolute Gasteiger partial charge is 0.239 e. The van der Waals surface area contributed by atoms with Gasteiger partial charge < -0.3 is 74.4 Å². The Kier molecular flexibility index (Phi) is 10.9. The first-order valence-electron chi connectivity index (χ1n) is 15.6. The molecule has 270 valence electrons. The summed E-state index contributed by atoms with van der Waals surface area (Å²) in [4.78, 5) is 16.0. The molecule has 49 heavy (non-hydrogen) atoms. The van der Waals surface area contributed by atoms with E-state index in [2.05, 4.69) is 0 Å². The lowest BCUT2D eigenvalue weighted by Crippen LogP contribution is -2.61. The maximum Gasteiger partial charge on any atom is 0.239 e. The van der Waals surface area contributed by atoms with Crippen LogP contribution in [0.2, 0.25) is 0 Å². The van der Waals surface area contributed by atoms with Crippen LogP contribution in [0.5, 0.6) is 28.7 Å². The van der Waals surface area contributed by atoms with Gasteiger partial charge in [0, 0.05) is 18.2 Å². The lowest BCUT2D eigenvalue weighted by molar-refractivity contribution is -0.318. The van der Waals surface area contributed by atoms with Gasteiger partial charge in [0.05, 0.1) is 18.3 Å². The van der Waals surface area contributed by atoms with E-state index in [1.807, 2.05) is 18.7 Å². The van der Waals surface area contributed by atoms with Crippen molar-refractivity contribution in [3.63, 3.8) is 0 Å². The number of phenolic OH excluding ortho intramolecular Hbond substituents is 4. The number of fused-ring (bicyclic) bond motifs is 1. The number of ether oxygens (including phenoxy) is 4. The molecule has 10 atom stereocenters. The van der Waals surface area contributed by atoms with E-state index in [0.717, 1.165) is 18.2 Å². The van der Waals surface area contributed by atoms with Crippen LogP contribution in [0.4, 0.5) is 0 Å². The average molecular weight is 696 g/mol. The van der Waals surface area contributed by atoms with Crippen LogP contribution in [-0.4, -0.2) is 137 Å². The second-order valence-electron chi connectivity index (χ2n) is 12.0. The van der Waals surface area contributed by atoms with Crippen LogP contribution in [0.1, 0.15) is 26.3 Å². The number of aromatic hydroxyl groups is 4. The molecule has 0 saturated carbocycles. The summed E-state index contributed by atoms with van der Waals surface area (Å²) in [5.74, 6) is -3.16. The monoisotopic (exact) mass is 695 g/mol. The van der Waals surface area contributed by atoms with Crippen LogP contribution in [-0.2, 0) is 20.8 Å². The van der Waals surface area contributed by atoms with Gasteiger partial charge in [-0.1, -0.05) is 13.8 Å². The van der Waals surface area contributed by atoms with Crippen molar-refractivity contribution in [1.82, 2.24) is 4.90 Å². The Labute approximate surface area is 278 Å². The van der Waals surface area contributed by atoms with Crippen molar-refractivity contribution in [3.05, 3.63) is 40.1 Å². The molecule has 0 aliphatic carbocycles. The largest absolute Gasteiger partial charge is 0.507 e. The zero-order valence-electron chi connectivity index (χ0n) is 26.8. The Morgan fingerprint density at radius 1 is 0.776 bits per heavy atom. The molecule has 2 fully saturated rings. The molecule has 3 aromatic rings. The van der Waals surface area contributed by atoms with Crippen molar-refractivity contribution in [1.29, 1.82) is 0 Å². The standard InChI is InChI=1S/C32H41NO16/c1-4-33(5-2)10-14-16(35)9-18-20(22(14)38)24(40)30(29(47-18)13-6-7-15(34)17(36)8-13)49-32-28(44)26(42)23(39)19(48-32)11-45-31-27(43)25(41)21(37)12(3)46-31/h6-9,12,19,21,23,25-28,31-32,34-39,41-44H,4-5,10-11H2,1-3H3/t12-,19+,21-,23+,25+,26-,27+,28+,31+,32-/m0/s1. The van der Waals surface area contributed by atoms with Crippen LogP contribution in [0, 0.1) is 0 Å². The quantitative estimate of drug-likeness (QED) is 0.116. The molecule has 0 amide bonds. The molecule has 0 radical (unpaired) electrons. The molecule has 0 unspecified atom stereocenters. The zero-order chi connectivity index (χ0) is 35.9. The predicted molar refractivity (Wildman–Crippen MR) is 167 cm³/mol. The normalized spacial score (nSPS) is 30.6. The van der Waals surface area contributed by atoms with Gasteiger partial charge in [-0.25, -0.2) is 0 Å². The van der Waals surface area contributed by atoms with E-state index in [9.17, 15) is 55.9 Å². The fourth-order valence-electron chi connectivity index (χ4n) is 5.74. The van der Waals surface area contributed by atoms with Crippen molar-refractivity contribution >= 4 is 11.0 Å². The minimum atomic E-state index is -1.98. The van der Waals surface area contributed by atoms with Gasteiger partial charge in [-0.15, -0.1) is 0 Å². The molecular formula is C32H41NO16. The molecule has 3 heterocycles. The van der Waals surface area contributed by atoms with Crippen molar-refractivity contribution in [3.8, 4) is 40.1 Å². The number of phenols is 4. The molecule has 2 aliphatic rings. The molecule has 0 bridgehead atoms. The molecule has 2 aliphatic heterocycles. The van der Waals surface area contributed by atoms with Crippen LogP contribution < -0.4 is 10.2 Å². The van der Waals surface area contributed by atoms with Gasteiger partial charge in [0.15, 0.2) is 23.5 Å². The highest BCUT2D eigenvalue weighted by molar-refractivity contribution is 5.90. The van der Waals surface area contributed by atoms with Gasteiger partial charge in [0.1, 0.15) is 65.2 Å². The number of benzene rings is 2. The fraction of sp³-hybridized carbons (Fsp3) is 0.531. The van der Waals surface area contributed by atoms with Gasteiger partial charge in [-0.3, -0.25) is 9.69 Å². The lowest BCUT2D eigenvalue weighted by atomic mass is 9.98. The summed E-state index contributed by atoms with van der Waals surface area (Å²) in [7, 11) is 0. The summed E-state index contributed by atoms with van der Waals surface area (Å²) >= 11 is 0. The summed E-state index contributed by atoms with van der Waals surface area (Å²) in [6.45, 7) is 5.74. The van der Waals surface area contributed by atoms with Gasteiger partial charge in [0.2, 0.25) is 17.5 Å². The summed E-state index contributed by atoms with van der Waals surface area (Å²) < 4.78 is 28.4. The second-order valence-corrected chi connectivity index (χ2v) is 12.0. The summed E-state index contributed by atoms with van der Waals surface area (Å²) in [5.41, 5.74) is -1.29. The maximum atomic E-state index is 14.1. The predicted octanol–water partition coefficient (Wildman–Crippen LogP) is -0.845. The summed E-state index contributed by atoms with van der Waals surface area (Å²) in [5, 5.41) is 104. The molecule has 10 N–H and O–H groups in total. The minimum absolute atomic E-state index is 0.0215. The van der Waals surface area contributed by atoms with Crippen molar-refractivity contribution in [2.24, 2.45) is 0 Å². The first kappa shape index (κ1) is 36.5. The third-order valence-corrected chi connectivity index (χ3v) is 8.85. The van der Waals surface area contributed by atoms with E-state index in [1.165, 1.54) is 13.0 Å². The van der Waals surface area contributed by atoms with Gasteiger partial charge in [0.25, 0.3) is 0 Å². The zero-order valence-corrected chi connectivity index (χ0v) is 26.8. The Morgan fingerprint density at radius 2 is 1.43 bits per heavy atom. The van der Waals surface area contributed by atoms with E-state index < -0.39 is 108 Å². The first-order valence-corrected chi connectivity index (χ1v) is 15.6. The van der Waals surface area contributed by atoms with Crippen LogP contribution in [0.3, 0.4) is 0 Å². The minimum Gasteiger partial charge on any atom is -0.507 e. The third kappa shape index (κ3) is 7.00. The topological polar surface area (TPSA) is 273 Å². The highest BCUT2D eigenvalue weighted by Gasteiger charge is 2.48. The van der Waals surface area contributed by atoms with E-state index in [4.69, 9.17) is 23.4 Å². The Hall–Kier alpha value is -3.75. The lowest BCUT2D eigenvalue weighted by Gasteiger charge is -2.42. The first-order chi connectivity index (χ1) is 23.2. The van der Waals surface area contributed by atoms with E-state index in [1.54, 1.807) is 0 Å².